The number of carbonyl (C=O) groups excluding carboxylic acids is 1. The fourth-order valence-corrected chi connectivity index (χ4v) is 4.52. The molecule has 5 heteroatoms. The number of nitrogens with zero attached hydrogens (tertiary/aromatic N) is 2. The van der Waals surface area contributed by atoms with Crippen molar-refractivity contribution in [3.63, 3.8) is 0 Å². The quantitative estimate of drug-likeness (QED) is 0.864. The van der Waals surface area contributed by atoms with Crippen LogP contribution in [-0.2, 0) is 11.2 Å². The largest absolute Gasteiger partial charge is 0.487 e. The topological polar surface area (TPSA) is 64.1 Å². The standard InChI is InChI=1S/C21H21N3O2/c25-21(18-9-13-4-5-14(18)8-13)24-11-16-10-15-2-1-3-17(20(15)26-16)19-12-22-6-7-23-19/h1-7,12-14,16,18H,8-11H2,(H,24,25)/t13-,14+,16+,18+/m1/s1. The van der Waals surface area contributed by atoms with Gasteiger partial charge in [-0.15, -0.1) is 0 Å². The molecule has 1 aliphatic heterocycles. The number of benzene rings is 1. The molecule has 2 heterocycles. The van der Waals surface area contributed by atoms with Gasteiger partial charge >= 0.3 is 0 Å². The molecule has 1 aromatic heterocycles. The zero-order chi connectivity index (χ0) is 17.5. The molecule has 5 rings (SSSR count). The number of hydrogen-bond acceptors (Lipinski definition) is 4. The van der Waals surface area contributed by atoms with Crippen molar-refractivity contribution in [2.24, 2.45) is 17.8 Å². The number of nitrogens with one attached hydrogen (secondary N) is 1. The van der Waals surface area contributed by atoms with Gasteiger partial charge in [0.1, 0.15) is 11.9 Å². The molecule has 0 radical (unpaired) electrons. The SMILES string of the molecule is O=C(NC[C@@H]1Cc2cccc(-c3cnccn3)c2O1)[C@H]1C[C@@H]2C=C[C@H]1C2. The summed E-state index contributed by atoms with van der Waals surface area (Å²) < 4.78 is 6.17. The highest BCUT2D eigenvalue weighted by Crippen LogP contribution is 2.43. The van der Waals surface area contributed by atoms with E-state index in [0.717, 1.165) is 41.8 Å². The van der Waals surface area contributed by atoms with Crippen LogP contribution < -0.4 is 10.1 Å². The van der Waals surface area contributed by atoms with Gasteiger partial charge in [-0.3, -0.25) is 14.8 Å². The minimum absolute atomic E-state index is 0.0269. The predicted molar refractivity (Wildman–Crippen MR) is 97.4 cm³/mol. The first-order chi connectivity index (χ1) is 12.8. The molecule has 2 aliphatic carbocycles. The van der Waals surface area contributed by atoms with Crippen molar-refractivity contribution in [3.05, 3.63) is 54.5 Å². The Kier molecular flexibility index (Phi) is 3.73. The minimum Gasteiger partial charge on any atom is -0.487 e. The van der Waals surface area contributed by atoms with Crippen molar-refractivity contribution >= 4 is 5.91 Å². The Hall–Kier alpha value is -2.69. The number of carbonyl (C=O) groups is 1. The first-order valence-electron chi connectivity index (χ1n) is 9.29. The fraction of sp³-hybridized carbons (Fsp3) is 0.381. The summed E-state index contributed by atoms with van der Waals surface area (Å²) >= 11 is 0. The molecule has 0 saturated heterocycles. The molecule has 2 bridgehead atoms. The maximum absolute atomic E-state index is 12.5. The Morgan fingerprint density at radius 1 is 1.23 bits per heavy atom. The van der Waals surface area contributed by atoms with E-state index in [9.17, 15) is 4.79 Å². The van der Waals surface area contributed by atoms with Gasteiger partial charge in [-0.2, -0.15) is 0 Å². The lowest BCUT2D eigenvalue weighted by atomic mass is 9.93. The smallest absolute Gasteiger partial charge is 0.223 e. The molecule has 5 nitrogen and oxygen atoms in total. The first kappa shape index (κ1) is 15.6. The van der Waals surface area contributed by atoms with E-state index < -0.39 is 0 Å². The maximum Gasteiger partial charge on any atom is 0.223 e. The molecule has 132 valence electrons. The lowest BCUT2D eigenvalue weighted by Crippen LogP contribution is -2.39. The van der Waals surface area contributed by atoms with Crippen LogP contribution in [0.5, 0.6) is 5.75 Å². The highest BCUT2D eigenvalue weighted by molar-refractivity contribution is 5.80. The van der Waals surface area contributed by atoms with Crippen molar-refractivity contribution in [1.82, 2.24) is 15.3 Å². The number of hydrogen-bond donors (Lipinski definition) is 1. The summed E-state index contributed by atoms with van der Waals surface area (Å²) in [7, 11) is 0. The van der Waals surface area contributed by atoms with Crippen LogP contribution in [0.15, 0.2) is 48.9 Å². The molecule has 4 atom stereocenters. The van der Waals surface area contributed by atoms with Gasteiger partial charge in [0.05, 0.1) is 18.4 Å². The summed E-state index contributed by atoms with van der Waals surface area (Å²) in [4.78, 5) is 21.1. The average Bonchev–Trinajstić information content (AvgIpc) is 3.41. The molecule has 2 aromatic rings. The summed E-state index contributed by atoms with van der Waals surface area (Å²) in [6, 6.07) is 6.11. The molecule has 26 heavy (non-hydrogen) atoms. The second kappa shape index (κ2) is 6.24. The number of para-hydroxylation sites is 1. The van der Waals surface area contributed by atoms with Gasteiger partial charge < -0.3 is 10.1 Å². The molecule has 0 spiro atoms. The van der Waals surface area contributed by atoms with Crippen LogP contribution in [0.3, 0.4) is 0 Å². The van der Waals surface area contributed by atoms with Crippen LogP contribution in [0.4, 0.5) is 0 Å². The summed E-state index contributed by atoms with van der Waals surface area (Å²) in [5, 5.41) is 3.12. The Morgan fingerprint density at radius 2 is 2.19 bits per heavy atom. The summed E-state index contributed by atoms with van der Waals surface area (Å²) in [6.07, 6.45) is 12.5. The van der Waals surface area contributed by atoms with Gasteiger partial charge in [-0.05, 0) is 36.3 Å². The number of allylic oxidation sites excluding steroid dienone is 2. The zero-order valence-corrected chi connectivity index (χ0v) is 14.5. The Bertz CT molecular complexity index is 865. The number of ether oxygens (including phenoxy) is 1. The van der Waals surface area contributed by atoms with Crippen molar-refractivity contribution in [1.29, 1.82) is 0 Å². The van der Waals surface area contributed by atoms with Crippen LogP contribution >= 0.6 is 0 Å². The molecule has 1 N–H and O–H groups in total. The molecule has 1 amide bonds. The summed E-state index contributed by atoms with van der Waals surface area (Å²) in [5.41, 5.74) is 2.93. The van der Waals surface area contributed by atoms with Crippen LogP contribution in [0.1, 0.15) is 18.4 Å². The number of fused-ring (bicyclic) bond motifs is 3. The predicted octanol–water partition coefficient (Wildman–Crippen LogP) is 2.78. The second-order valence-electron chi connectivity index (χ2n) is 7.46. The second-order valence-corrected chi connectivity index (χ2v) is 7.46. The molecule has 1 saturated carbocycles. The highest BCUT2D eigenvalue weighted by Gasteiger charge is 2.40. The van der Waals surface area contributed by atoms with Crippen LogP contribution in [0.2, 0.25) is 0 Å². The normalized spacial score (nSPS) is 28.0. The number of aromatic nitrogens is 2. The summed E-state index contributed by atoms with van der Waals surface area (Å²) in [5.74, 6) is 2.23. The van der Waals surface area contributed by atoms with Crippen molar-refractivity contribution in [2.75, 3.05) is 6.54 Å². The number of amides is 1. The van der Waals surface area contributed by atoms with Gasteiger partial charge in [0.2, 0.25) is 5.91 Å². The van der Waals surface area contributed by atoms with Gasteiger partial charge in [0, 0.05) is 30.3 Å². The van der Waals surface area contributed by atoms with Crippen LogP contribution in [-0.4, -0.2) is 28.5 Å². The van der Waals surface area contributed by atoms with Crippen molar-refractivity contribution in [3.8, 4) is 17.0 Å². The van der Waals surface area contributed by atoms with E-state index in [1.165, 1.54) is 0 Å². The van der Waals surface area contributed by atoms with Crippen molar-refractivity contribution in [2.45, 2.75) is 25.4 Å². The Morgan fingerprint density at radius 3 is 2.96 bits per heavy atom. The highest BCUT2D eigenvalue weighted by atomic mass is 16.5. The van der Waals surface area contributed by atoms with E-state index in [2.05, 4.69) is 33.5 Å². The van der Waals surface area contributed by atoms with E-state index in [0.29, 0.717) is 18.4 Å². The Balaban J connectivity index is 1.25. The van der Waals surface area contributed by atoms with Gasteiger partial charge in [0.25, 0.3) is 0 Å². The molecule has 1 fully saturated rings. The third kappa shape index (κ3) is 2.68. The third-order valence-electron chi connectivity index (χ3n) is 5.79. The zero-order valence-electron chi connectivity index (χ0n) is 14.5. The molecule has 0 unspecified atom stereocenters. The van der Waals surface area contributed by atoms with E-state index in [1.807, 2.05) is 12.1 Å². The monoisotopic (exact) mass is 347 g/mol. The molecular formula is C21H21N3O2. The third-order valence-corrected chi connectivity index (χ3v) is 5.79. The first-order valence-corrected chi connectivity index (χ1v) is 9.29. The van der Waals surface area contributed by atoms with E-state index in [4.69, 9.17) is 4.74 Å². The lowest BCUT2D eigenvalue weighted by molar-refractivity contribution is -0.126. The fourth-order valence-electron chi connectivity index (χ4n) is 4.52. The maximum atomic E-state index is 12.5. The summed E-state index contributed by atoms with van der Waals surface area (Å²) in [6.45, 7) is 0.547. The van der Waals surface area contributed by atoms with E-state index in [1.54, 1.807) is 18.6 Å². The molecule has 3 aliphatic rings. The van der Waals surface area contributed by atoms with Crippen molar-refractivity contribution < 1.29 is 9.53 Å². The average molecular weight is 347 g/mol. The van der Waals surface area contributed by atoms with E-state index >= 15 is 0 Å². The van der Waals surface area contributed by atoms with Gasteiger partial charge in [0.15, 0.2) is 0 Å². The van der Waals surface area contributed by atoms with Crippen LogP contribution in [0.25, 0.3) is 11.3 Å². The van der Waals surface area contributed by atoms with Gasteiger partial charge in [-0.25, -0.2) is 0 Å². The molecule has 1 aromatic carbocycles. The molecular weight excluding hydrogens is 326 g/mol. The number of rotatable bonds is 4. The Labute approximate surface area is 152 Å². The van der Waals surface area contributed by atoms with E-state index in [-0.39, 0.29) is 17.9 Å². The lowest BCUT2D eigenvalue weighted by Gasteiger charge is -2.19. The van der Waals surface area contributed by atoms with Crippen LogP contribution in [0, 0.1) is 17.8 Å². The van der Waals surface area contributed by atoms with Gasteiger partial charge in [-0.1, -0.05) is 24.3 Å². The minimum atomic E-state index is -0.0269.